The van der Waals surface area contributed by atoms with E-state index in [1.54, 1.807) is 11.8 Å². The molecule has 5 heteroatoms. The van der Waals surface area contributed by atoms with Crippen molar-refractivity contribution in [1.82, 2.24) is 4.90 Å². The quantitative estimate of drug-likeness (QED) is 0.783. The van der Waals surface area contributed by atoms with Crippen molar-refractivity contribution in [2.45, 2.75) is 33.2 Å². The summed E-state index contributed by atoms with van der Waals surface area (Å²) < 4.78 is 5.27. The highest BCUT2D eigenvalue weighted by molar-refractivity contribution is 8.16. The fraction of sp³-hybridized carbons (Fsp3) is 0.333. The van der Waals surface area contributed by atoms with Gasteiger partial charge in [-0.2, -0.15) is 0 Å². The van der Waals surface area contributed by atoms with Gasteiger partial charge in [0.25, 0.3) is 0 Å². The molecule has 2 aliphatic rings. The molecule has 1 aromatic rings. The van der Waals surface area contributed by atoms with Crippen LogP contribution in [-0.2, 0) is 16.0 Å². The van der Waals surface area contributed by atoms with E-state index in [0.717, 1.165) is 22.8 Å². The van der Waals surface area contributed by atoms with Crippen molar-refractivity contribution in [3.05, 3.63) is 58.3 Å². The first-order valence-corrected chi connectivity index (χ1v) is 8.70. The van der Waals surface area contributed by atoms with E-state index in [-0.39, 0.29) is 12.0 Å². The van der Waals surface area contributed by atoms with Crippen LogP contribution >= 0.6 is 11.8 Å². The summed E-state index contributed by atoms with van der Waals surface area (Å²) >= 11 is 1.57. The molecule has 1 aromatic carbocycles. The maximum absolute atomic E-state index is 12.5. The predicted octanol–water partition coefficient (Wildman–Crippen LogP) is 4.02. The molecule has 0 aromatic heterocycles. The van der Waals surface area contributed by atoms with E-state index in [4.69, 9.17) is 4.74 Å². The molecule has 0 amide bonds. The topological polar surface area (TPSA) is 41.9 Å². The largest absolute Gasteiger partial charge is 0.463 e. The number of rotatable bonds is 4. The van der Waals surface area contributed by atoms with Crippen LogP contribution in [0.25, 0.3) is 0 Å². The van der Waals surface area contributed by atoms with E-state index in [9.17, 15) is 4.79 Å². The summed E-state index contributed by atoms with van der Waals surface area (Å²) in [7, 11) is 0. The van der Waals surface area contributed by atoms with E-state index in [1.165, 1.54) is 5.56 Å². The number of aliphatic imine (C=N–C) groups is 1. The first kappa shape index (κ1) is 15.9. The lowest BCUT2D eigenvalue weighted by atomic mass is 9.94. The number of amidine groups is 1. The molecule has 4 nitrogen and oxygen atoms in total. The smallest absolute Gasteiger partial charge is 0.338 e. The zero-order valence-corrected chi connectivity index (χ0v) is 14.4. The highest BCUT2D eigenvalue weighted by Crippen LogP contribution is 2.40. The van der Waals surface area contributed by atoms with Crippen LogP contribution in [0.3, 0.4) is 0 Å². The molecular formula is C18H20N2O2S. The van der Waals surface area contributed by atoms with E-state index >= 15 is 0 Å². The second kappa shape index (κ2) is 6.62. The van der Waals surface area contributed by atoms with Gasteiger partial charge in [0.15, 0.2) is 5.17 Å². The molecule has 0 bridgehead atoms. The standard InChI is InChI=1S/C18H20N2O2S/c1-4-13-6-8-14(9-7-13)16-15(17(21)22-5-2)12(3)19-18-20(16)10-11-23-18/h6-11,16H,4-5H2,1-3H3/t16-/m0/s1. The van der Waals surface area contributed by atoms with Gasteiger partial charge in [-0.25, -0.2) is 9.79 Å². The Morgan fingerprint density at radius 2 is 2.04 bits per heavy atom. The number of esters is 1. The number of carbonyl (C=O) groups excluding carboxylic acids is 1. The highest BCUT2D eigenvalue weighted by atomic mass is 32.2. The van der Waals surface area contributed by atoms with Crippen molar-refractivity contribution in [2.24, 2.45) is 4.99 Å². The number of carbonyl (C=O) groups is 1. The van der Waals surface area contributed by atoms with Gasteiger partial charge in [-0.3, -0.25) is 0 Å². The van der Waals surface area contributed by atoms with Crippen molar-refractivity contribution in [3.8, 4) is 0 Å². The Balaban J connectivity index is 2.06. The molecule has 2 heterocycles. The number of benzene rings is 1. The summed E-state index contributed by atoms with van der Waals surface area (Å²) in [6.45, 7) is 6.19. The molecular weight excluding hydrogens is 308 g/mol. The minimum atomic E-state index is -0.289. The van der Waals surface area contributed by atoms with Crippen LogP contribution in [0.15, 0.2) is 52.1 Å². The number of fused-ring (bicyclic) bond motifs is 1. The third-order valence-electron chi connectivity index (χ3n) is 4.02. The maximum atomic E-state index is 12.5. The van der Waals surface area contributed by atoms with Crippen molar-refractivity contribution >= 4 is 22.9 Å². The van der Waals surface area contributed by atoms with Crippen LogP contribution in [0.5, 0.6) is 0 Å². The lowest BCUT2D eigenvalue weighted by Crippen LogP contribution is -2.34. The van der Waals surface area contributed by atoms with Gasteiger partial charge in [0.1, 0.15) is 0 Å². The van der Waals surface area contributed by atoms with E-state index in [0.29, 0.717) is 12.2 Å². The van der Waals surface area contributed by atoms with Crippen molar-refractivity contribution in [1.29, 1.82) is 0 Å². The number of hydrogen-bond donors (Lipinski definition) is 0. The fourth-order valence-electron chi connectivity index (χ4n) is 2.83. The second-order valence-electron chi connectivity index (χ2n) is 5.42. The normalized spacial score (nSPS) is 19.7. The maximum Gasteiger partial charge on any atom is 0.338 e. The molecule has 0 N–H and O–H groups in total. The summed E-state index contributed by atoms with van der Waals surface area (Å²) in [6, 6.07) is 8.24. The summed E-state index contributed by atoms with van der Waals surface area (Å²) in [5.41, 5.74) is 3.70. The first-order chi connectivity index (χ1) is 11.2. The van der Waals surface area contributed by atoms with Gasteiger partial charge >= 0.3 is 5.97 Å². The Morgan fingerprint density at radius 1 is 1.30 bits per heavy atom. The minimum absolute atomic E-state index is 0.182. The van der Waals surface area contributed by atoms with Gasteiger partial charge in [-0.1, -0.05) is 43.0 Å². The number of hydrogen-bond acceptors (Lipinski definition) is 5. The van der Waals surface area contributed by atoms with Gasteiger partial charge in [-0.05, 0) is 36.8 Å². The molecule has 0 radical (unpaired) electrons. The van der Waals surface area contributed by atoms with E-state index in [2.05, 4.69) is 36.2 Å². The molecule has 0 aliphatic carbocycles. The number of ether oxygens (including phenoxy) is 1. The molecule has 23 heavy (non-hydrogen) atoms. The average Bonchev–Trinajstić information content (AvgIpc) is 3.01. The highest BCUT2D eigenvalue weighted by Gasteiger charge is 2.37. The van der Waals surface area contributed by atoms with Crippen LogP contribution in [0.4, 0.5) is 0 Å². The fourth-order valence-corrected chi connectivity index (χ4v) is 3.63. The number of allylic oxidation sites excluding steroid dienone is 1. The monoisotopic (exact) mass is 328 g/mol. The summed E-state index contributed by atoms with van der Waals surface area (Å²) in [4.78, 5) is 19.1. The second-order valence-corrected chi connectivity index (χ2v) is 6.29. The van der Waals surface area contributed by atoms with Gasteiger partial charge in [-0.15, -0.1) is 0 Å². The van der Waals surface area contributed by atoms with E-state index < -0.39 is 0 Å². The Morgan fingerprint density at radius 3 is 2.70 bits per heavy atom. The van der Waals surface area contributed by atoms with Gasteiger partial charge in [0.05, 0.1) is 23.9 Å². The first-order valence-electron chi connectivity index (χ1n) is 7.82. The third-order valence-corrected chi connectivity index (χ3v) is 4.79. The molecule has 0 unspecified atom stereocenters. The zero-order chi connectivity index (χ0) is 16.4. The molecule has 0 saturated heterocycles. The lowest BCUT2D eigenvalue weighted by molar-refractivity contribution is -0.139. The van der Waals surface area contributed by atoms with Gasteiger partial charge in [0, 0.05) is 6.20 Å². The van der Waals surface area contributed by atoms with Crippen molar-refractivity contribution in [3.63, 3.8) is 0 Å². The van der Waals surface area contributed by atoms with Crippen LogP contribution in [0.1, 0.15) is 37.9 Å². The van der Waals surface area contributed by atoms with Crippen LogP contribution < -0.4 is 0 Å². The van der Waals surface area contributed by atoms with E-state index in [1.807, 2.05) is 30.4 Å². The lowest BCUT2D eigenvalue weighted by Gasteiger charge is -2.33. The third kappa shape index (κ3) is 2.93. The SMILES string of the molecule is CCOC(=O)C1=C(C)N=C2SC=CN2[C@H]1c1ccc(CC)cc1. The molecule has 3 rings (SSSR count). The Bertz CT molecular complexity index is 704. The molecule has 120 valence electrons. The van der Waals surface area contributed by atoms with Crippen molar-refractivity contribution < 1.29 is 9.53 Å². The Kier molecular flexibility index (Phi) is 4.57. The van der Waals surface area contributed by atoms with Crippen LogP contribution in [0, 0.1) is 0 Å². The number of aryl methyl sites for hydroxylation is 1. The summed E-state index contributed by atoms with van der Waals surface area (Å²) in [5, 5.41) is 2.90. The summed E-state index contributed by atoms with van der Waals surface area (Å²) in [5.74, 6) is -0.289. The summed E-state index contributed by atoms with van der Waals surface area (Å²) in [6.07, 6.45) is 2.98. The molecule has 1 atom stereocenters. The predicted molar refractivity (Wildman–Crippen MR) is 93.9 cm³/mol. The Hall–Kier alpha value is -2.01. The molecule has 0 saturated carbocycles. The van der Waals surface area contributed by atoms with Crippen LogP contribution in [-0.4, -0.2) is 22.6 Å². The zero-order valence-electron chi connectivity index (χ0n) is 13.6. The minimum Gasteiger partial charge on any atom is -0.463 e. The molecule has 2 aliphatic heterocycles. The molecule has 0 spiro atoms. The van der Waals surface area contributed by atoms with Gasteiger partial charge < -0.3 is 9.64 Å². The number of nitrogens with zero attached hydrogens (tertiary/aromatic N) is 2. The van der Waals surface area contributed by atoms with Crippen molar-refractivity contribution in [2.75, 3.05) is 6.61 Å². The van der Waals surface area contributed by atoms with Gasteiger partial charge in [0.2, 0.25) is 0 Å². The Labute approximate surface area is 140 Å². The average molecular weight is 328 g/mol. The number of thioether (sulfide) groups is 1. The van der Waals surface area contributed by atoms with Crippen LogP contribution in [0.2, 0.25) is 0 Å². The molecule has 0 fully saturated rings.